The molecule has 2 aliphatic rings. The van der Waals surface area contributed by atoms with Crippen LogP contribution in [0.15, 0.2) is 41.3 Å². The van der Waals surface area contributed by atoms with E-state index in [4.69, 9.17) is 0 Å². The first kappa shape index (κ1) is 19.2. The minimum atomic E-state index is -3.63. The van der Waals surface area contributed by atoms with Crippen LogP contribution in [0.5, 0.6) is 0 Å². The maximum atomic E-state index is 12.4. The number of nitrogens with zero attached hydrogens (tertiary/aromatic N) is 2. The number of amides is 3. The van der Waals surface area contributed by atoms with E-state index in [0.717, 1.165) is 9.21 Å². The Kier molecular flexibility index (Phi) is 5.16. The number of rotatable bonds is 5. The van der Waals surface area contributed by atoms with Crippen LogP contribution in [0.1, 0.15) is 12.8 Å². The second kappa shape index (κ2) is 7.24. The van der Waals surface area contributed by atoms with Crippen LogP contribution in [0.3, 0.4) is 0 Å². The second-order valence-electron chi connectivity index (χ2n) is 6.78. The fraction of sp³-hybridized carbons (Fsp3) is 0.389. The van der Waals surface area contributed by atoms with Gasteiger partial charge >= 0.3 is 0 Å². The zero-order valence-electron chi connectivity index (χ0n) is 15.1. The van der Waals surface area contributed by atoms with E-state index in [0.29, 0.717) is 12.8 Å². The standard InChI is InChI=1S/C18H21N3O5S/c1-20(2)27(25,26)13-7-5-6-12(10-13)19-16(22)11-21-17(23)14-8-3-4-9-15(14)18(21)24/h3-7,10,14-15H,8-9,11H2,1-2H3,(H,19,22). The summed E-state index contributed by atoms with van der Waals surface area (Å²) < 4.78 is 25.5. The van der Waals surface area contributed by atoms with Crippen molar-refractivity contribution in [1.29, 1.82) is 0 Å². The first-order chi connectivity index (χ1) is 12.7. The van der Waals surface area contributed by atoms with Gasteiger partial charge in [0.25, 0.3) is 0 Å². The molecule has 144 valence electrons. The Morgan fingerprint density at radius 2 is 1.74 bits per heavy atom. The van der Waals surface area contributed by atoms with Crippen molar-refractivity contribution in [3.8, 4) is 0 Å². The Hall–Kier alpha value is -2.52. The quantitative estimate of drug-likeness (QED) is 0.591. The summed E-state index contributed by atoms with van der Waals surface area (Å²) in [4.78, 5) is 38.2. The van der Waals surface area contributed by atoms with Gasteiger partial charge in [-0.1, -0.05) is 18.2 Å². The van der Waals surface area contributed by atoms with E-state index in [1.54, 1.807) is 6.07 Å². The van der Waals surface area contributed by atoms with Gasteiger partial charge < -0.3 is 5.32 Å². The number of nitrogens with one attached hydrogen (secondary N) is 1. The van der Waals surface area contributed by atoms with Gasteiger partial charge in [0.1, 0.15) is 6.54 Å². The Morgan fingerprint density at radius 1 is 1.15 bits per heavy atom. The van der Waals surface area contributed by atoms with Crippen molar-refractivity contribution >= 4 is 33.4 Å². The number of imide groups is 1. The summed E-state index contributed by atoms with van der Waals surface area (Å²) in [7, 11) is -0.801. The van der Waals surface area contributed by atoms with Gasteiger partial charge in [0.2, 0.25) is 27.7 Å². The molecule has 0 spiro atoms. The van der Waals surface area contributed by atoms with Crippen LogP contribution in [0.4, 0.5) is 5.69 Å². The zero-order chi connectivity index (χ0) is 19.8. The molecule has 0 aromatic heterocycles. The highest BCUT2D eigenvalue weighted by atomic mass is 32.2. The van der Waals surface area contributed by atoms with Gasteiger partial charge in [-0.25, -0.2) is 12.7 Å². The highest BCUT2D eigenvalue weighted by molar-refractivity contribution is 7.89. The summed E-state index contributed by atoms with van der Waals surface area (Å²) in [6.07, 6.45) is 4.79. The van der Waals surface area contributed by atoms with E-state index < -0.39 is 15.9 Å². The molecule has 2 unspecified atom stereocenters. The monoisotopic (exact) mass is 391 g/mol. The fourth-order valence-electron chi connectivity index (χ4n) is 3.31. The molecule has 0 radical (unpaired) electrons. The fourth-order valence-corrected chi connectivity index (χ4v) is 4.26. The van der Waals surface area contributed by atoms with Gasteiger partial charge in [0, 0.05) is 19.8 Å². The molecular weight excluding hydrogens is 370 g/mol. The number of allylic oxidation sites excluding steroid dienone is 2. The summed E-state index contributed by atoms with van der Waals surface area (Å²) >= 11 is 0. The first-order valence-electron chi connectivity index (χ1n) is 8.54. The molecule has 27 heavy (non-hydrogen) atoms. The Balaban J connectivity index is 1.70. The van der Waals surface area contributed by atoms with Crippen LogP contribution in [0.25, 0.3) is 0 Å². The molecule has 3 rings (SSSR count). The molecule has 0 bridgehead atoms. The van der Waals surface area contributed by atoms with E-state index in [1.807, 2.05) is 12.2 Å². The lowest BCUT2D eigenvalue weighted by molar-refractivity contribution is -0.142. The van der Waals surface area contributed by atoms with Crippen LogP contribution in [0.2, 0.25) is 0 Å². The van der Waals surface area contributed by atoms with Crippen molar-refractivity contribution in [2.24, 2.45) is 11.8 Å². The lowest BCUT2D eigenvalue weighted by Gasteiger charge is -2.15. The largest absolute Gasteiger partial charge is 0.324 e. The van der Waals surface area contributed by atoms with E-state index in [1.165, 1.54) is 32.3 Å². The third-order valence-electron chi connectivity index (χ3n) is 4.80. The SMILES string of the molecule is CN(C)S(=O)(=O)c1cccc(NC(=O)CN2C(=O)C3CC=CCC3C2=O)c1. The summed E-state index contributed by atoms with van der Waals surface area (Å²) in [5, 5.41) is 2.56. The molecule has 1 aromatic rings. The van der Waals surface area contributed by atoms with E-state index in [2.05, 4.69) is 5.32 Å². The molecule has 1 heterocycles. The highest BCUT2D eigenvalue weighted by Gasteiger charge is 2.47. The zero-order valence-corrected chi connectivity index (χ0v) is 15.9. The molecule has 1 saturated heterocycles. The third kappa shape index (κ3) is 3.65. The third-order valence-corrected chi connectivity index (χ3v) is 6.61. The average Bonchev–Trinajstić information content (AvgIpc) is 2.87. The average molecular weight is 391 g/mol. The van der Waals surface area contributed by atoms with Crippen molar-refractivity contribution in [1.82, 2.24) is 9.21 Å². The van der Waals surface area contributed by atoms with Gasteiger partial charge in [-0.15, -0.1) is 0 Å². The molecule has 1 N–H and O–H groups in total. The summed E-state index contributed by atoms with van der Waals surface area (Å²) in [6, 6.07) is 5.82. The smallest absolute Gasteiger partial charge is 0.244 e. The van der Waals surface area contributed by atoms with Crippen molar-refractivity contribution in [3.63, 3.8) is 0 Å². The Labute approximate surface area is 157 Å². The highest BCUT2D eigenvalue weighted by Crippen LogP contribution is 2.34. The number of sulfonamides is 1. The number of hydrogen-bond acceptors (Lipinski definition) is 5. The Bertz CT molecular complexity index is 897. The summed E-state index contributed by atoms with van der Waals surface area (Å²) in [6.45, 7) is -0.380. The Morgan fingerprint density at radius 3 is 2.30 bits per heavy atom. The normalized spacial score (nSPS) is 22.3. The van der Waals surface area contributed by atoms with Crippen LogP contribution >= 0.6 is 0 Å². The molecule has 1 fully saturated rings. The topological polar surface area (TPSA) is 104 Å². The van der Waals surface area contributed by atoms with E-state index >= 15 is 0 Å². The summed E-state index contributed by atoms with van der Waals surface area (Å²) in [5.41, 5.74) is 0.279. The lowest BCUT2D eigenvalue weighted by atomic mass is 9.85. The number of anilines is 1. The van der Waals surface area contributed by atoms with E-state index in [9.17, 15) is 22.8 Å². The molecule has 8 nitrogen and oxygen atoms in total. The van der Waals surface area contributed by atoms with Crippen LogP contribution < -0.4 is 5.32 Å². The minimum absolute atomic E-state index is 0.0377. The predicted octanol–water partition coefficient (Wildman–Crippen LogP) is 0.827. The number of carbonyl (C=O) groups is 3. The van der Waals surface area contributed by atoms with Crippen LogP contribution in [-0.2, 0) is 24.4 Å². The summed E-state index contributed by atoms with van der Waals surface area (Å²) in [5.74, 6) is -1.97. The number of fused-ring (bicyclic) bond motifs is 1. The molecular formula is C18H21N3O5S. The maximum absolute atomic E-state index is 12.4. The molecule has 9 heteroatoms. The molecule has 1 aliphatic heterocycles. The number of likely N-dealkylation sites (tertiary alicyclic amines) is 1. The van der Waals surface area contributed by atoms with Gasteiger partial charge in [-0.05, 0) is 31.0 Å². The van der Waals surface area contributed by atoms with Gasteiger partial charge in [0.15, 0.2) is 0 Å². The number of benzene rings is 1. The van der Waals surface area contributed by atoms with Gasteiger partial charge in [-0.3, -0.25) is 19.3 Å². The molecule has 3 amide bonds. The number of hydrogen-bond donors (Lipinski definition) is 1. The van der Waals surface area contributed by atoms with E-state index in [-0.39, 0.29) is 40.8 Å². The molecule has 2 atom stereocenters. The number of carbonyl (C=O) groups excluding carboxylic acids is 3. The molecule has 1 aromatic carbocycles. The van der Waals surface area contributed by atoms with Gasteiger partial charge in [-0.2, -0.15) is 0 Å². The minimum Gasteiger partial charge on any atom is -0.324 e. The van der Waals surface area contributed by atoms with Crippen molar-refractivity contribution in [3.05, 3.63) is 36.4 Å². The maximum Gasteiger partial charge on any atom is 0.244 e. The van der Waals surface area contributed by atoms with Crippen LogP contribution in [0, 0.1) is 11.8 Å². The van der Waals surface area contributed by atoms with Gasteiger partial charge in [0.05, 0.1) is 16.7 Å². The van der Waals surface area contributed by atoms with Crippen molar-refractivity contribution < 1.29 is 22.8 Å². The van der Waals surface area contributed by atoms with Crippen LogP contribution in [-0.4, -0.2) is 56.0 Å². The molecule has 0 saturated carbocycles. The second-order valence-corrected chi connectivity index (χ2v) is 8.93. The first-order valence-corrected chi connectivity index (χ1v) is 9.98. The van der Waals surface area contributed by atoms with Crippen molar-refractivity contribution in [2.45, 2.75) is 17.7 Å². The lowest BCUT2D eigenvalue weighted by Crippen LogP contribution is -2.38. The van der Waals surface area contributed by atoms with Crippen molar-refractivity contribution in [2.75, 3.05) is 26.0 Å². The molecule has 1 aliphatic carbocycles. The predicted molar refractivity (Wildman–Crippen MR) is 98.0 cm³/mol.